The van der Waals surface area contributed by atoms with Gasteiger partial charge in [0.15, 0.2) is 0 Å². The standard InChI is InChI=1S/C16H18N2O4/c1-21-16(20)13-10-18(14-5-3-2-4-12(13)14)11-15(19)17-6-8-22-9-7-17/h2-5,10H,6-9,11H2,1H3. The third kappa shape index (κ3) is 2.69. The van der Waals surface area contributed by atoms with Crippen LogP contribution >= 0.6 is 0 Å². The van der Waals surface area contributed by atoms with Crippen molar-refractivity contribution in [2.45, 2.75) is 6.54 Å². The van der Waals surface area contributed by atoms with Crippen molar-refractivity contribution in [2.75, 3.05) is 33.4 Å². The number of morpholine rings is 1. The summed E-state index contributed by atoms with van der Waals surface area (Å²) in [6.07, 6.45) is 1.69. The highest BCUT2D eigenvalue weighted by atomic mass is 16.5. The number of hydrogen-bond donors (Lipinski definition) is 0. The Labute approximate surface area is 128 Å². The molecule has 6 nitrogen and oxygen atoms in total. The molecule has 6 heteroatoms. The second kappa shape index (κ2) is 6.19. The molecule has 2 aromatic rings. The summed E-state index contributed by atoms with van der Waals surface area (Å²) in [4.78, 5) is 26.1. The molecule has 0 saturated carbocycles. The van der Waals surface area contributed by atoms with Crippen LogP contribution in [-0.2, 0) is 20.8 Å². The molecule has 1 fully saturated rings. The van der Waals surface area contributed by atoms with Gasteiger partial charge in [-0.05, 0) is 6.07 Å². The number of carbonyl (C=O) groups excluding carboxylic acids is 2. The Bertz CT molecular complexity index is 701. The lowest BCUT2D eigenvalue weighted by atomic mass is 10.2. The van der Waals surface area contributed by atoms with Crippen molar-refractivity contribution in [3.8, 4) is 0 Å². The number of carbonyl (C=O) groups is 2. The van der Waals surface area contributed by atoms with Gasteiger partial charge in [-0.3, -0.25) is 4.79 Å². The Morgan fingerprint density at radius 3 is 2.68 bits per heavy atom. The maximum absolute atomic E-state index is 12.4. The van der Waals surface area contributed by atoms with E-state index in [0.29, 0.717) is 31.9 Å². The van der Waals surface area contributed by atoms with E-state index < -0.39 is 5.97 Å². The molecule has 0 atom stereocenters. The molecule has 0 bridgehead atoms. The van der Waals surface area contributed by atoms with Gasteiger partial charge in [0.1, 0.15) is 6.54 Å². The summed E-state index contributed by atoms with van der Waals surface area (Å²) < 4.78 is 11.9. The van der Waals surface area contributed by atoms with Crippen LogP contribution < -0.4 is 0 Å². The number of rotatable bonds is 3. The van der Waals surface area contributed by atoms with E-state index in [-0.39, 0.29) is 12.5 Å². The lowest BCUT2D eigenvalue weighted by molar-refractivity contribution is -0.135. The van der Waals surface area contributed by atoms with Gasteiger partial charge in [-0.25, -0.2) is 4.79 Å². The highest BCUT2D eigenvalue weighted by Gasteiger charge is 2.20. The molecule has 0 N–H and O–H groups in total. The predicted octanol–water partition coefficient (Wildman–Crippen LogP) is 1.29. The first-order valence-electron chi connectivity index (χ1n) is 7.22. The fraction of sp³-hybridized carbons (Fsp3) is 0.375. The van der Waals surface area contributed by atoms with Crippen molar-refractivity contribution in [1.29, 1.82) is 0 Å². The van der Waals surface area contributed by atoms with E-state index in [1.807, 2.05) is 24.3 Å². The molecular weight excluding hydrogens is 284 g/mol. The van der Waals surface area contributed by atoms with Gasteiger partial charge in [0.2, 0.25) is 5.91 Å². The Kier molecular flexibility index (Phi) is 4.11. The largest absolute Gasteiger partial charge is 0.465 e. The second-order valence-corrected chi connectivity index (χ2v) is 5.17. The first kappa shape index (κ1) is 14.6. The molecule has 1 aliphatic rings. The maximum Gasteiger partial charge on any atom is 0.340 e. The van der Waals surface area contributed by atoms with Crippen LogP contribution in [-0.4, -0.2) is 54.8 Å². The number of hydrogen-bond acceptors (Lipinski definition) is 4. The van der Waals surface area contributed by atoms with Gasteiger partial charge < -0.3 is 18.9 Å². The number of fused-ring (bicyclic) bond motifs is 1. The summed E-state index contributed by atoms with van der Waals surface area (Å²) in [6.45, 7) is 2.58. The van der Waals surface area contributed by atoms with Crippen molar-refractivity contribution in [1.82, 2.24) is 9.47 Å². The number of methoxy groups -OCH3 is 1. The van der Waals surface area contributed by atoms with Gasteiger partial charge >= 0.3 is 5.97 Å². The normalized spacial score (nSPS) is 15.0. The fourth-order valence-electron chi connectivity index (χ4n) is 2.71. The minimum Gasteiger partial charge on any atom is -0.465 e. The number of aromatic nitrogens is 1. The van der Waals surface area contributed by atoms with Crippen molar-refractivity contribution in [3.05, 3.63) is 36.0 Å². The van der Waals surface area contributed by atoms with E-state index in [9.17, 15) is 9.59 Å². The molecule has 116 valence electrons. The van der Waals surface area contributed by atoms with Gasteiger partial charge in [-0.1, -0.05) is 18.2 Å². The van der Waals surface area contributed by atoms with Crippen LogP contribution in [0.25, 0.3) is 10.9 Å². The van der Waals surface area contributed by atoms with Crippen molar-refractivity contribution in [2.24, 2.45) is 0 Å². The monoisotopic (exact) mass is 302 g/mol. The lowest BCUT2D eigenvalue weighted by Gasteiger charge is -2.27. The Hall–Kier alpha value is -2.34. The molecule has 0 spiro atoms. The van der Waals surface area contributed by atoms with E-state index in [2.05, 4.69) is 0 Å². The van der Waals surface area contributed by atoms with Gasteiger partial charge in [0.25, 0.3) is 0 Å². The molecule has 1 aromatic carbocycles. The van der Waals surface area contributed by atoms with Crippen molar-refractivity contribution in [3.63, 3.8) is 0 Å². The summed E-state index contributed by atoms with van der Waals surface area (Å²) in [5.74, 6) is -0.366. The summed E-state index contributed by atoms with van der Waals surface area (Å²) in [6, 6.07) is 7.51. The van der Waals surface area contributed by atoms with E-state index >= 15 is 0 Å². The number of benzene rings is 1. The van der Waals surface area contributed by atoms with Crippen LogP contribution in [0, 0.1) is 0 Å². The van der Waals surface area contributed by atoms with E-state index in [4.69, 9.17) is 9.47 Å². The fourth-order valence-corrected chi connectivity index (χ4v) is 2.71. The third-order valence-corrected chi connectivity index (χ3v) is 3.86. The molecule has 1 saturated heterocycles. The third-order valence-electron chi connectivity index (χ3n) is 3.86. The molecular formula is C16H18N2O4. The molecule has 0 aliphatic carbocycles. The van der Waals surface area contributed by atoms with Crippen molar-refractivity contribution >= 4 is 22.8 Å². The average Bonchev–Trinajstić information content (AvgIpc) is 2.94. The van der Waals surface area contributed by atoms with Crippen molar-refractivity contribution < 1.29 is 19.1 Å². The number of ether oxygens (including phenoxy) is 2. The molecule has 1 aliphatic heterocycles. The van der Waals surface area contributed by atoms with Crippen LogP contribution in [0.2, 0.25) is 0 Å². The zero-order valence-electron chi connectivity index (χ0n) is 12.4. The Morgan fingerprint density at radius 2 is 1.95 bits per heavy atom. The predicted molar refractivity (Wildman–Crippen MR) is 80.7 cm³/mol. The van der Waals surface area contributed by atoms with Crippen LogP contribution in [0.15, 0.2) is 30.5 Å². The van der Waals surface area contributed by atoms with Gasteiger partial charge in [0, 0.05) is 30.2 Å². The summed E-state index contributed by atoms with van der Waals surface area (Å²) in [7, 11) is 1.35. The van der Waals surface area contributed by atoms with E-state index in [1.54, 1.807) is 15.7 Å². The minimum atomic E-state index is -0.395. The second-order valence-electron chi connectivity index (χ2n) is 5.17. The molecule has 22 heavy (non-hydrogen) atoms. The highest BCUT2D eigenvalue weighted by molar-refractivity contribution is 6.04. The van der Waals surface area contributed by atoms with Gasteiger partial charge in [-0.15, -0.1) is 0 Å². The molecule has 1 aromatic heterocycles. The van der Waals surface area contributed by atoms with E-state index in [0.717, 1.165) is 10.9 Å². The molecule has 0 radical (unpaired) electrons. The SMILES string of the molecule is COC(=O)c1cn(CC(=O)N2CCOCC2)c2ccccc12. The summed E-state index contributed by atoms with van der Waals surface area (Å²) in [5, 5.41) is 0.795. The number of esters is 1. The smallest absolute Gasteiger partial charge is 0.340 e. The lowest BCUT2D eigenvalue weighted by Crippen LogP contribution is -2.42. The molecule has 1 amide bonds. The van der Waals surface area contributed by atoms with Crippen LogP contribution in [0.4, 0.5) is 0 Å². The zero-order valence-corrected chi connectivity index (χ0v) is 12.4. The van der Waals surface area contributed by atoms with Crippen LogP contribution in [0.3, 0.4) is 0 Å². The van der Waals surface area contributed by atoms with Crippen LogP contribution in [0.5, 0.6) is 0 Å². The van der Waals surface area contributed by atoms with Gasteiger partial charge in [-0.2, -0.15) is 0 Å². The topological polar surface area (TPSA) is 60.8 Å². The Morgan fingerprint density at radius 1 is 1.23 bits per heavy atom. The zero-order chi connectivity index (χ0) is 15.5. The molecule has 2 heterocycles. The summed E-state index contributed by atoms with van der Waals surface area (Å²) in [5.41, 5.74) is 1.33. The minimum absolute atomic E-state index is 0.0282. The average molecular weight is 302 g/mol. The molecule has 0 unspecified atom stereocenters. The van der Waals surface area contributed by atoms with Gasteiger partial charge in [0.05, 0.1) is 25.9 Å². The highest BCUT2D eigenvalue weighted by Crippen LogP contribution is 2.22. The number of amides is 1. The van der Waals surface area contributed by atoms with E-state index in [1.165, 1.54) is 7.11 Å². The maximum atomic E-state index is 12.4. The van der Waals surface area contributed by atoms with Crippen LogP contribution in [0.1, 0.15) is 10.4 Å². The Balaban J connectivity index is 1.90. The first-order chi connectivity index (χ1) is 10.7. The summed E-state index contributed by atoms with van der Waals surface area (Å²) >= 11 is 0. The molecule has 3 rings (SSSR count). The number of nitrogens with zero attached hydrogens (tertiary/aromatic N) is 2. The quantitative estimate of drug-likeness (QED) is 0.802. The first-order valence-corrected chi connectivity index (χ1v) is 7.22. The number of para-hydroxylation sites is 1.